The fourth-order valence-electron chi connectivity index (χ4n) is 1.41. The molecule has 0 aromatic carbocycles. The Balaban J connectivity index is 1.17. The van der Waals surface area contributed by atoms with Gasteiger partial charge in [0.1, 0.15) is 12.7 Å². The van der Waals surface area contributed by atoms with Gasteiger partial charge in [0.05, 0.1) is 66.1 Å². The number of epoxide rings is 2. The first-order valence-corrected chi connectivity index (χ1v) is 7.11. The van der Waals surface area contributed by atoms with Crippen LogP contribution >= 0.6 is 0 Å². The van der Waals surface area contributed by atoms with Crippen LogP contribution < -0.4 is 0 Å². The number of hydrogen-bond acceptors (Lipinski definition) is 7. The summed E-state index contributed by atoms with van der Waals surface area (Å²) < 4.78 is 36.5. The van der Waals surface area contributed by atoms with E-state index >= 15 is 0 Å². The van der Waals surface area contributed by atoms with E-state index in [1.807, 2.05) is 0 Å². The van der Waals surface area contributed by atoms with Crippen molar-refractivity contribution in [1.29, 1.82) is 0 Å². The molecule has 0 amide bonds. The molecule has 0 aromatic heterocycles. The van der Waals surface area contributed by atoms with E-state index in [0.29, 0.717) is 72.2 Å². The van der Waals surface area contributed by atoms with E-state index in [-0.39, 0.29) is 6.29 Å². The first kappa shape index (κ1) is 16.1. The summed E-state index contributed by atoms with van der Waals surface area (Å²) in [5.74, 6) is 0. The van der Waals surface area contributed by atoms with Gasteiger partial charge >= 0.3 is 0 Å². The van der Waals surface area contributed by atoms with Gasteiger partial charge in [0.25, 0.3) is 0 Å². The zero-order valence-electron chi connectivity index (χ0n) is 11.8. The molecule has 0 N–H and O–H groups in total. The molecule has 2 rings (SSSR count). The lowest BCUT2D eigenvalue weighted by Gasteiger charge is -2.07. The average molecular weight is 292 g/mol. The van der Waals surface area contributed by atoms with E-state index in [2.05, 4.69) is 0 Å². The van der Waals surface area contributed by atoms with E-state index < -0.39 is 0 Å². The molecule has 2 fully saturated rings. The Morgan fingerprint density at radius 3 is 1.65 bits per heavy atom. The Morgan fingerprint density at radius 2 is 1.15 bits per heavy atom. The van der Waals surface area contributed by atoms with Crippen molar-refractivity contribution in [2.24, 2.45) is 0 Å². The number of ether oxygens (including phenoxy) is 7. The maximum Gasteiger partial charge on any atom is 0.181 e. The average Bonchev–Trinajstić information content (AvgIpc) is 3.34. The maximum atomic E-state index is 5.35. The van der Waals surface area contributed by atoms with Gasteiger partial charge in [0, 0.05) is 0 Å². The van der Waals surface area contributed by atoms with Crippen molar-refractivity contribution >= 4 is 0 Å². The van der Waals surface area contributed by atoms with Crippen LogP contribution in [0, 0.1) is 0 Å². The van der Waals surface area contributed by atoms with Crippen molar-refractivity contribution in [3.63, 3.8) is 0 Å². The lowest BCUT2D eigenvalue weighted by atomic mass is 10.5. The quantitative estimate of drug-likeness (QED) is 0.306. The van der Waals surface area contributed by atoms with Gasteiger partial charge < -0.3 is 33.2 Å². The highest BCUT2D eigenvalue weighted by Gasteiger charge is 2.22. The van der Waals surface area contributed by atoms with Gasteiger partial charge in [-0.15, -0.1) is 0 Å². The molecule has 7 heteroatoms. The summed E-state index contributed by atoms with van der Waals surface area (Å²) in [4.78, 5) is 0. The Labute approximate surface area is 119 Å². The van der Waals surface area contributed by atoms with E-state index in [1.54, 1.807) is 0 Å². The van der Waals surface area contributed by atoms with Crippen LogP contribution in [-0.4, -0.2) is 85.1 Å². The second-order valence-electron chi connectivity index (χ2n) is 4.50. The summed E-state index contributed by atoms with van der Waals surface area (Å²) in [5, 5.41) is 0. The largest absolute Gasteiger partial charge is 0.377 e. The summed E-state index contributed by atoms with van der Waals surface area (Å²) in [6.45, 7) is 6.83. The minimum absolute atomic E-state index is 0.00720. The van der Waals surface area contributed by atoms with E-state index in [9.17, 15) is 0 Å². The molecule has 7 nitrogen and oxygen atoms in total. The van der Waals surface area contributed by atoms with Gasteiger partial charge in [0.15, 0.2) is 6.29 Å². The van der Waals surface area contributed by atoms with Crippen LogP contribution in [0.5, 0.6) is 0 Å². The van der Waals surface area contributed by atoms with Crippen molar-refractivity contribution in [2.75, 3.05) is 72.7 Å². The first-order chi connectivity index (χ1) is 9.95. The highest BCUT2D eigenvalue weighted by Crippen LogP contribution is 2.09. The van der Waals surface area contributed by atoms with Gasteiger partial charge in [0.2, 0.25) is 0 Å². The maximum absolute atomic E-state index is 5.35. The third-order valence-electron chi connectivity index (χ3n) is 2.66. The van der Waals surface area contributed by atoms with Crippen LogP contribution in [-0.2, 0) is 33.2 Å². The van der Waals surface area contributed by atoms with Crippen molar-refractivity contribution in [1.82, 2.24) is 0 Å². The molecule has 118 valence electrons. The van der Waals surface area contributed by atoms with E-state index in [0.717, 1.165) is 6.61 Å². The summed E-state index contributed by atoms with van der Waals surface area (Å²) in [7, 11) is 0. The Morgan fingerprint density at radius 1 is 0.650 bits per heavy atom. The van der Waals surface area contributed by atoms with Gasteiger partial charge in [-0.3, -0.25) is 0 Å². The number of hydrogen-bond donors (Lipinski definition) is 0. The predicted octanol–water partition coefficient (Wildman–Crippen LogP) is -0.175. The summed E-state index contributed by atoms with van der Waals surface area (Å²) in [6, 6.07) is 0. The zero-order chi connectivity index (χ0) is 13.9. The Bertz CT molecular complexity index is 207. The standard InChI is InChI=1S/C13H24O7/c1(2-15-5-6-17-9-12-10-19-12)14-3-4-16-7-8-18-13-11-20-13/h12-13H,1-11H2. The molecular formula is C13H24O7. The highest BCUT2D eigenvalue weighted by atomic mass is 16.8. The minimum Gasteiger partial charge on any atom is -0.377 e. The van der Waals surface area contributed by atoms with Crippen LogP contribution in [0.1, 0.15) is 0 Å². The predicted molar refractivity (Wildman–Crippen MR) is 68.7 cm³/mol. The monoisotopic (exact) mass is 292 g/mol. The minimum atomic E-state index is 0.00720. The Kier molecular flexibility index (Phi) is 8.41. The Hall–Kier alpha value is -0.280. The highest BCUT2D eigenvalue weighted by molar-refractivity contribution is 4.66. The normalized spacial score (nSPS) is 24.0. The number of rotatable bonds is 15. The lowest BCUT2D eigenvalue weighted by Crippen LogP contribution is -2.14. The second kappa shape index (κ2) is 10.4. The molecule has 2 unspecified atom stereocenters. The summed E-state index contributed by atoms with van der Waals surface area (Å²) in [5.41, 5.74) is 0. The molecular weight excluding hydrogens is 268 g/mol. The fourth-order valence-corrected chi connectivity index (χ4v) is 1.41. The van der Waals surface area contributed by atoms with Crippen molar-refractivity contribution in [3.05, 3.63) is 0 Å². The van der Waals surface area contributed by atoms with Crippen LogP contribution in [0.2, 0.25) is 0 Å². The molecule has 0 aliphatic carbocycles. The molecule has 0 aromatic rings. The van der Waals surface area contributed by atoms with Crippen LogP contribution in [0.15, 0.2) is 0 Å². The molecule has 2 saturated heterocycles. The third kappa shape index (κ3) is 9.60. The summed E-state index contributed by atoms with van der Waals surface area (Å²) in [6.07, 6.45) is 0.327. The third-order valence-corrected chi connectivity index (χ3v) is 2.66. The first-order valence-electron chi connectivity index (χ1n) is 7.11. The van der Waals surface area contributed by atoms with Crippen molar-refractivity contribution in [3.8, 4) is 0 Å². The molecule has 2 aliphatic heterocycles. The molecule has 20 heavy (non-hydrogen) atoms. The van der Waals surface area contributed by atoms with Crippen molar-refractivity contribution < 1.29 is 33.2 Å². The topological polar surface area (TPSA) is 71.2 Å². The molecule has 0 spiro atoms. The SMILES string of the molecule is C(COCCOCC1CO1)OCCOCCOC1CO1. The van der Waals surface area contributed by atoms with Crippen molar-refractivity contribution in [2.45, 2.75) is 12.4 Å². The van der Waals surface area contributed by atoms with E-state index in [1.165, 1.54) is 0 Å². The molecule has 0 saturated carbocycles. The van der Waals surface area contributed by atoms with Gasteiger partial charge in [-0.05, 0) is 0 Å². The van der Waals surface area contributed by atoms with E-state index in [4.69, 9.17) is 33.2 Å². The van der Waals surface area contributed by atoms with Gasteiger partial charge in [-0.1, -0.05) is 0 Å². The van der Waals surface area contributed by atoms with Gasteiger partial charge in [-0.25, -0.2) is 0 Å². The molecule has 0 bridgehead atoms. The smallest absolute Gasteiger partial charge is 0.181 e. The van der Waals surface area contributed by atoms with Crippen LogP contribution in [0.4, 0.5) is 0 Å². The lowest BCUT2D eigenvalue weighted by molar-refractivity contribution is -0.0226. The van der Waals surface area contributed by atoms with Gasteiger partial charge in [-0.2, -0.15) is 0 Å². The molecule has 2 atom stereocenters. The fraction of sp³-hybridized carbons (Fsp3) is 1.00. The molecule has 0 radical (unpaired) electrons. The molecule has 2 heterocycles. The van der Waals surface area contributed by atoms with Crippen LogP contribution in [0.3, 0.4) is 0 Å². The zero-order valence-corrected chi connectivity index (χ0v) is 11.8. The summed E-state index contributed by atoms with van der Waals surface area (Å²) >= 11 is 0. The second-order valence-corrected chi connectivity index (χ2v) is 4.50. The van der Waals surface area contributed by atoms with Crippen LogP contribution in [0.25, 0.3) is 0 Å². The molecule has 2 aliphatic rings.